The summed E-state index contributed by atoms with van der Waals surface area (Å²) in [7, 11) is 0. The van der Waals surface area contributed by atoms with Gasteiger partial charge in [0.2, 0.25) is 0 Å². The Labute approximate surface area is 334 Å². The van der Waals surface area contributed by atoms with Gasteiger partial charge in [0.15, 0.2) is 0 Å². The van der Waals surface area contributed by atoms with Crippen LogP contribution in [-0.2, 0) is 0 Å². The van der Waals surface area contributed by atoms with E-state index in [4.69, 9.17) is 9.97 Å². The summed E-state index contributed by atoms with van der Waals surface area (Å²) in [5.74, 6) is 0.866. The quantitative estimate of drug-likeness (QED) is 0.165. The van der Waals surface area contributed by atoms with Crippen LogP contribution in [0, 0.1) is 0 Å². The fourth-order valence-corrected chi connectivity index (χ4v) is 8.91. The number of hydrogen-bond acceptors (Lipinski definition) is 2. The van der Waals surface area contributed by atoms with Crippen LogP contribution in [0.4, 0.5) is 0 Å². The first-order valence-corrected chi connectivity index (χ1v) is 19.7. The highest BCUT2D eigenvalue weighted by atomic mass is 15.1. The zero-order valence-corrected chi connectivity index (χ0v) is 31.4. The molecule has 0 fully saturated rings. The Bertz CT molecular complexity index is 3420. The molecule has 270 valence electrons. The van der Waals surface area contributed by atoms with Crippen LogP contribution in [0.3, 0.4) is 0 Å². The molecule has 0 aliphatic carbocycles. The van der Waals surface area contributed by atoms with Crippen LogP contribution in [-0.4, -0.2) is 18.9 Å². The minimum atomic E-state index is 0.866. The van der Waals surface area contributed by atoms with Crippen molar-refractivity contribution in [1.29, 1.82) is 0 Å². The molecule has 4 aromatic heterocycles. The van der Waals surface area contributed by atoms with Gasteiger partial charge in [0.25, 0.3) is 0 Å². The molecule has 0 saturated carbocycles. The van der Waals surface area contributed by atoms with Crippen molar-refractivity contribution in [2.75, 3.05) is 0 Å². The first-order valence-electron chi connectivity index (χ1n) is 19.7. The Kier molecular flexibility index (Phi) is 7.20. The second-order valence-electron chi connectivity index (χ2n) is 15.0. The zero-order chi connectivity index (χ0) is 38.2. The molecule has 8 aromatic carbocycles. The Morgan fingerprint density at radius 3 is 1.50 bits per heavy atom. The topological polar surface area (TPSA) is 35.1 Å². The fraction of sp³-hybridized carbons (Fsp3) is 0. The molecule has 0 aliphatic heterocycles. The molecule has 0 aliphatic rings. The van der Waals surface area contributed by atoms with Gasteiger partial charge in [-0.15, -0.1) is 0 Å². The van der Waals surface area contributed by atoms with E-state index < -0.39 is 0 Å². The van der Waals surface area contributed by atoms with Gasteiger partial charge < -0.3 is 0 Å². The van der Waals surface area contributed by atoms with E-state index in [0.29, 0.717) is 0 Å². The van der Waals surface area contributed by atoms with Crippen LogP contribution in [0.15, 0.2) is 206 Å². The summed E-state index contributed by atoms with van der Waals surface area (Å²) in [5.41, 5.74) is 15.3. The second-order valence-corrected chi connectivity index (χ2v) is 15.0. The van der Waals surface area contributed by atoms with Gasteiger partial charge in [-0.3, -0.25) is 8.97 Å². The number of hydrogen-bond donors (Lipinski definition) is 0. The highest BCUT2D eigenvalue weighted by Crippen LogP contribution is 2.40. The third-order valence-electron chi connectivity index (χ3n) is 11.7. The molecule has 0 amide bonds. The number of pyridine rings is 2. The van der Waals surface area contributed by atoms with Crippen LogP contribution >= 0.6 is 0 Å². The van der Waals surface area contributed by atoms with Crippen molar-refractivity contribution in [2.45, 2.75) is 0 Å². The van der Waals surface area contributed by atoms with Crippen molar-refractivity contribution in [3.63, 3.8) is 0 Å². The monoisotopic (exact) mass is 738 g/mol. The summed E-state index contributed by atoms with van der Waals surface area (Å²) in [6.07, 6.45) is 0. The van der Waals surface area contributed by atoms with Gasteiger partial charge in [-0.1, -0.05) is 164 Å². The Morgan fingerprint density at radius 2 is 0.810 bits per heavy atom. The minimum Gasteiger partial charge on any atom is -0.294 e. The molecular formula is C54H34N4. The van der Waals surface area contributed by atoms with Crippen molar-refractivity contribution in [3.8, 4) is 50.5 Å². The lowest BCUT2D eigenvalue weighted by Crippen LogP contribution is -2.00. The number of rotatable bonds is 5. The van der Waals surface area contributed by atoms with Gasteiger partial charge in [0, 0.05) is 27.1 Å². The molecule has 58 heavy (non-hydrogen) atoms. The van der Waals surface area contributed by atoms with E-state index in [-0.39, 0.29) is 0 Å². The lowest BCUT2D eigenvalue weighted by Gasteiger charge is -2.14. The van der Waals surface area contributed by atoms with E-state index in [2.05, 4.69) is 215 Å². The van der Waals surface area contributed by atoms with E-state index in [0.717, 1.165) is 66.8 Å². The largest absolute Gasteiger partial charge is 0.294 e. The van der Waals surface area contributed by atoms with Crippen LogP contribution < -0.4 is 0 Å². The standard InChI is InChI=1S/C54H34N4/c1-3-13-35(14-4-1)37-23-25-39(26-24-37)41-31-48(40-29-27-38(28-30-40)36-15-5-2-6-16-36)55-53(32-41)57-49-21-11-9-18-43(49)46-33-45-42-17-7-8-19-44(42)54-56-47-20-10-12-22-50(47)58(54)52(45)34-51(46)57/h1-34H. The van der Waals surface area contributed by atoms with E-state index in [1.807, 2.05) is 0 Å². The van der Waals surface area contributed by atoms with Gasteiger partial charge in [-0.25, -0.2) is 9.97 Å². The minimum absolute atomic E-state index is 0.866. The van der Waals surface area contributed by atoms with Gasteiger partial charge in [-0.05, 0) is 81.2 Å². The lowest BCUT2D eigenvalue weighted by molar-refractivity contribution is 1.08. The summed E-state index contributed by atoms with van der Waals surface area (Å²) < 4.78 is 4.69. The first kappa shape index (κ1) is 32.4. The van der Waals surface area contributed by atoms with Crippen molar-refractivity contribution in [2.24, 2.45) is 0 Å². The number of aromatic nitrogens is 4. The second kappa shape index (κ2) is 12.9. The molecule has 4 heteroatoms. The molecule has 0 radical (unpaired) electrons. The van der Waals surface area contributed by atoms with Crippen LogP contribution in [0.1, 0.15) is 0 Å². The number of imidazole rings is 1. The van der Waals surface area contributed by atoms with E-state index >= 15 is 0 Å². The predicted molar refractivity (Wildman–Crippen MR) is 242 cm³/mol. The summed E-state index contributed by atoms with van der Waals surface area (Å²) in [4.78, 5) is 10.7. The maximum atomic E-state index is 5.52. The lowest BCUT2D eigenvalue weighted by atomic mass is 9.98. The normalized spacial score (nSPS) is 11.8. The van der Waals surface area contributed by atoms with Crippen molar-refractivity contribution < 1.29 is 0 Å². The summed E-state index contributed by atoms with van der Waals surface area (Å²) in [6.45, 7) is 0. The number of benzene rings is 8. The number of fused-ring (bicyclic) bond motifs is 11. The molecule has 12 rings (SSSR count). The maximum Gasteiger partial charge on any atom is 0.146 e. The Hall–Kier alpha value is -7.82. The molecule has 0 unspecified atom stereocenters. The Balaban J connectivity index is 1.13. The third kappa shape index (κ3) is 5.09. The number of nitrogens with zero attached hydrogens (tertiary/aromatic N) is 4. The highest BCUT2D eigenvalue weighted by molar-refractivity contribution is 6.20. The molecule has 0 saturated heterocycles. The molecule has 12 aromatic rings. The van der Waals surface area contributed by atoms with Crippen LogP contribution in [0.25, 0.3) is 111 Å². The molecule has 0 spiro atoms. The van der Waals surface area contributed by atoms with Crippen molar-refractivity contribution in [1.82, 2.24) is 18.9 Å². The summed E-state index contributed by atoms with van der Waals surface area (Å²) in [6, 6.07) is 73.8. The average molecular weight is 739 g/mol. The molecular weight excluding hydrogens is 705 g/mol. The smallest absolute Gasteiger partial charge is 0.146 e. The van der Waals surface area contributed by atoms with E-state index in [1.165, 1.54) is 43.8 Å². The van der Waals surface area contributed by atoms with E-state index in [9.17, 15) is 0 Å². The SMILES string of the molecule is c1ccc(-c2ccc(-c3cc(-c4ccc(-c5ccccc5)cc4)nc(-n4c5ccccc5c5cc6c7ccccc7c7nc8ccccc8n7c6cc54)c3)cc2)cc1. The molecule has 0 bridgehead atoms. The maximum absolute atomic E-state index is 5.52. The molecule has 4 nitrogen and oxygen atoms in total. The van der Waals surface area contributed by atoms with Gasteiger partial charge in [-0.2, -0.15) is 0 Å². The summed E-state index contributed by atoms with van der Waals surface area (Å²) >= 11 is 0. The zero-order valence-electron chi connectivity index (χ0n) is 31.4. The first-order chi connectivity index (χ1) is 28.7. The predicted octanol–water partition coefficient (Wildman–Crippen LogP) is 14.0. The van der Waals surface area contributed by atoms with Gasteiger partial charge >= 0.3 is 0 Å². The average Bonchev–Trinajstić information content (AvgIpc) is 3.85. The van der Waals surface area contributed by atoms with Crippen LogP contribution in [0.2, 0.25) is 0 Å². The van der Waals surface area contributed by atoms with E-state index in [1.54, 1.807) is 0 Å². The van der Waals surface area contributed by atoms with Gasteiger partial charge in [0.1, 0.15) is 11.5 Å². The van der Waals surface area contributed by atoms with Crippen molar-refractivity contribution in [3.05, 3.63) is 206 Å². The third-order valence-corrected chi connectivity index (χ3v) is 11.7. The highest BCUT2D eigenvalue weighted by Gasteiger charge is 2.20. The van der Waals surface area contributed by atoms with Gasteiger partial charge in [0.05, 0.1) is 33.3 Å². The Morgan fingerprint density at radius 1 is 0.293 bits per heavy atom. The molecule has 0 N–H and O–H groups in total. The fourth-order valence-electron chi connectivity index (χ4n) is 8.91. The summed E-state index contributed by atoms with van der Waals surface area (Å²) in [5, 5.41) is 5.91. The molecule has 4 heterocycles. The number of para-hydroxylation sites is 3. The van der Waals surface area contributed by atoms with Crippen LogP contribution in [0.5, 0.6) is 0 Å². The molecule has 0 atom stereocenters. The van der Waals surface area contributed by atoms with Crippen molar-refractivity contribution >= 4 is 60.2 Å².